The van der Waals surface area contributed by atoms with Crippen LogP contribution in [0.15, 0.2) is 39.6 Å². The van der Waals surface area contributed by atoms with Crippen LogP contribution in [0.2, 0.25) is 0 Å². The van der Waals surface area contributed by atoms with E-state index in [1.807, 2.05) is 24.3 Å². The van der Waals surface area contributed by atoms with Gasteiger partial charge >= 0.3 is 0 Å². The van der Waals surface area contributed by atoms with Gasteiger partial charge in [-0.1, -0.05) is 23.4 Å². The van der Waals surface area contributed by atoms with Crippen molar-refractivity contribution in [3.05, 3.63) is 58.0 Å². The second kappa shape index (κ2) is 5.68. The fourth-order valence-electron chi connectivity index (χ4n) is 2.47. The standard InChI is InChI=1S/C16H16N4O3/c1-10-17-14(23-18-10)9-19(2)16(22)12-8-15(21)20(3)13-7-5-4-6-11(12)13/h4-8H,9H2,1-3H3. The summed E-state index contributed by atoms with van der Waals surface area (Å²) < 4.78 is 6.55. The van der Waals surface area contributed by atoms with Gasteiger partial charge in [0.15, 0.2) is 5.82 Å². The number of hydrogen-bond acceptors (Lipinski definition) is 5. The van der Waals surface area contributed by atoms with E-state index < -0.39 is 0 Å². The number of fused-ring (bicyclic) bond motifs is 1. The zero-order valence-electron chi connectivity index (χ0n) is 13.1. The number of amides is 1. The first-order chi connectivity index (χ1) is 11.0. The average Bonchev–Trinajstić information content (AvgIpc) is 2.95. The minimum atomic E-state index is -0.269. The molecule has 0 atom stereocenters. The van der Waals surface area contributed by atoms with Crippen LogP contribution in [0, 0.1) is 6.92 Å². The number of pyridine rings is 1. The smallest absolute Gasteiger partial charge is 0.254 e. The van der Waals surface area contributed by atoms with Gasteiger partial charge in [0.2, 0.25) is 5.89 Å². The molecule has 0 N–H and O–H groups in total. The highest BCUT2D eigenvalue weighted by Crippen LogP contribution is 2.18. The lowest BCUT2D eigenvalue weighted by Gasteiger charge is -2.17. The summed E-state index contributed by atoms with van der Waals surface area (Å²) in [6.45, 7) is 1.90. The van der Waals surface area contributed by atoms with Crippen LogP contribution < -0.4 is 5.56 Å². The summed E-state index contributed by atoms with van der Waals surface area (Å²) in [6, 6.07) is 8.67. The molecule has 0 radical (unpaired) electrons. The van der Waals surface area contributed by atoms with Crippen LogP contribution in [0.5, 0.6) is 0 Å². The fraction of sp³-hybridized carbons (Fsp3) is 0.250. The van der Waals surface area contributed by atoms with Crippen LogP contribution in [0.3, 0.4) is 0 Å². The van der Waals surface area contributed by atoms with Gasteiger partial charge in [0.25, 0.3) is 11.5 Å². The van der Waals surface area contributed by atoms with Gasteiger partial charge in [-0.25, -0.2) is 0 Å². The molecule has 0 fully saturated rings. The van der Waals surface area contributed by atoms with Gasteiger partial charge in [-0.05, 0) is 13.0 Å². The monoisotopic (exact) mass is 312 g/mol. The molecule has 0 saturated heterocycles. The Bertz CT molecular complexity index is 942. The average molecular weight is 312 g/mol. The molecular weight excluding hydrogens is 296 g/mol. The van der Waals surface area contributed by atoms with E-state index in [-0.39, 0.29) is 18.0 Å². The summed E-state index contributed by atoms with van der Waals surface area (Å²) in [5, 5.41) is 4.43. The minimum absolute atomic E-state index is 0.184. The molecular formula is C16H16N4O3. The zero-order chi connectivity index (χ0) is 16.6. The highest BCUT2D eigenvalue weighted by Gasteiger charge is 2.19. The quantitative estimate of drug-likeness (QED) is 0.732. The molecule has 1 aromatic carbocycles. The molecule has 7 heteroatoms. The molecule has 3 rings (SSSR count). The number of carbonyl (C=O) groups is 1. The molecule has 0 spiro atoms. The van der Waals surface area contributed by atoms with Crippen molar-refractivity contribution in [1.82, 2.24) is 19.6 Å². The number of para-hydroxylation sites is 1. The van der Waals surface area contributed by atoms with Gasteiger partial charge in [-0.2, -0.15) is 4.98 Å². The molecule has 0 unspecified atom stereocenters. The van der Waals surface area contributed by atoms with Crippen molar-refractivity contribution in [2.24, 2.45) is 7.05 Å². The van der Waals surface area contributed by atoms with Crippen molar-refractivity contribution in [3.8, 4) is 0 Å². The van der Waals surface area contributed by atoms with Crippen molar-refractivity contribution in [1.29, 1.82) is 0 Å². The second-order valence-corrected chi connectivity index (χ2v) is 5.37. The van der Waals surface area contributed by atoms with E-state index in [0.29, 0.717) is 22.8 Å². The van der Waals surface area contributed by atoms with E-state index in [2.05, 4.69) is 10.1 Å². The third kappa shape index (κ3) is 2.73. The molecule has 2 heterocycles. The Morgan fingerprint density at radius 2 is 2.09 bits per heavy atom. The number of carbonyl (C=O) groups excluding carboxylic acids is 1. The summed E-state index contributed by atoms with van der Waals surface area (Å²) in [5.74, 6) is 0.598. The van der Waals surface area contributed by atoms with Gasteiger partial charge in [0.05, 0.1) is 17.6 Å². The minimum Gasteiger partial charge on any atom is -0.337 e. The Kier molecular flexibility index (Phi) is 3.69. The van der Waals surface area contributed by atoms with Crippen LogP contribution in [-0.4, -0.2) is 32.6 Å². The van der Waals surface area contributed by atoms with E-state index in [0.717, 1.165) is 5.39 Å². The van der Waals surface area contributed by atoms with Crippen LogP contribution in [0.25, 0.3) is 10.9 Å². The molecule has 1 amide bonds. The molecule has 3 aromatic rings. The molecule has 0 bridgehead atoms. The lowest BCUT2D eigenvalue weighted by atomic mass is 10.1. The van der Waals surface area contributed by atoms with E-state index in [9.17, 15) is 9.59 Å². The predicted molar refractivity (Wildman–Crippen MR) is 84.0 cm³/mol. The normalized spacial score (nSPS) is 10.9. The molecule has 2 aromatic heterocycles. The Hall–Kier alpha value is -2.96. The Balaban J connectivity index is 2.00. The lowest BCUT2D eigenvalue weighted by molar-refractivity contribution is 0.0771. The number of hydrogen-bond donors (Lipinski definition) is 0. The first-order valence-electron chi connectivity index (χ1n) is 7.11. The number of nitrogens with zero attached hydrogens (tertiary/aromatic N) is 4. The van der Waals surface area contributed by atoms with Crippen molar-refractivity contribution in [2.45, 2.75) is 13.5 Å². The van der Waals surface area contributed by atoms with Crippen LogP contribution in [0.1, 0.15) is 22.1 Å². The van der Waals surface area contributed by atoms with E-state index >= 15 is 0 Å². The van der Waals surface area contributed by atoms with Gasteiger partial charge in [0, 0.05) is 25.5 Å². The number of benzene rings is 1. The van der Waals surface area contributed by atoms with E-state index in [1.165, 1.54) is 15.5 Å². The lowest BCUT2D eigenvalue weighted by Crippen LogP contribution is -2.29. The third-order valence-electron chi connectivity index (χ3n) is 3.67. The maximum absolute atomic E-state index is 12.7. The van der Waals surface area contributed by atoms with Crippen molar-refractivity contribution in [2.75, 3.05) is 7.05 Å². The highest BCUT2D eigenvalue weighted by atomic mass is 16.5. The molecule has 0 aliphatic rings. The molecule has 118 valence electrons. The van der Waals surface area contributed by atoms with Gasteiger partial charge in [0.1, 0.15) is 0 Å². The summed E-state index contributed by atoms with van der Waals surface area (Å²) in [5.41, 5.74) is 0.849. The van der Waals surface area contributed by atoms with Crippen molar-refractivity contribution in [3.63, 3.8) is 0 Å². The zero-order valence-corrected chi connectivity index (χ0v) is 13.1. The van der Waals surface area contributed by atoms with Crippen molar-refractivity contribution < 1.29 is 9.32 Å². The largest absolute Gasteiger partial charge is 0.337 e. The SMILES string of the molecule is Cc1noc(CN(C)C(=O)c2cc(=O)n(C)c3ccccc23)n1. The maximum atomic E-state index is 12.7. The first kappa shape index (κ1) is 15.0. The maximum Gasteiger partial charge on any atom is 0.254 e. The van der Waals surface area contributed by atoms with Crippen LogP contribution >= 0.6 is 0 Å². The summed E-state index contributed by atoms with van der Waals surface area (Å²) in [6.07, 6.45) is 0. The van der Waals surface area contributed by atoms with Crippen LogP contribution in [0.4, 0.5) is 0 Å². The Morgan fingerprint density at radius 3 is 2.78 bits per heavy atom. The van der Waals surface area contributed by atoms with Gasteiger partial charge in [-0.15, -0.1) is 0 Å². The van der Waals surface area contributed by atoms with E-state index in [1.54, 1.807) is 21.0 Å². The third-order valence-corrected chi connectivity index (χ3v) is 3.67. The second-order valence-electron chi connectivity index (χ2n) is 5.37. The fourth-order valence-corrected chi connectivity index (χ4v) is 2.47. The Morgan fingerprint density at radius 1 is 1.35 bits per heavy atom. The predicted octanol–water partition coefficient (Wildman–Crippen LogP) is 1.50. The first-order valence-corrected chi connectivity index (χ1v) is 7.11. The highest BCUT2D eigenvalue weighted by molar-refractivity contribution is 6.05. The van der Waals surface area contributed by atoms with Crippen molar-refractivity contribution >= 4 is 16.8 Å². The molecule has 23 heavy (non-hydrogen) atoms. The van der Waals surface area contributed by atoms with Gasteiger partial charge < -0.3 is 14.0 Å². The summed E-state index contributed by atoms with van der Waals surface area (Å²) in [4.78, 5) is 30.4. The molecule has 0 aliphatic heterocycles. The molecule has 0 aliphatic carbocycles. The Labute approximate surface area is 132 Å². The molecule has 7 nitrogen and oxygen atoms in total. The topological polar surface area (TPSA) is 81.2 Å². The van der Waals surface area contributed by atoms with Crippen LogP contribution in [-0.2, 0) is 13.6 Å². The number of aryl methyl sites for hydroxylation is 2. The molecule has 0 saturated carbocycles. The summed E-state index contributed by atoms with van der Waals surface area (Å²) in [7, 11) is 3.32. The van der Waals surface area contributed by atoms with Gasteiger partial charge in [-0.3, -0.25) is 9.59 Å². The number of aromatic nitrogens is 3. The number of rotatable bonds is 3. The van der Waals surface area contributed by atoms with E-state index in [4.69, 9.17) is 4.52 Å². The summed E-state index contributed by atoms with van der Waals surface area (Å²) >= 11 is 0.